The van der Waals surface area contributed by atoms with Gasteiger partial charge in [-0.25, -0.2) is 4.39 Å². The molecule has 0 atom stereocenters. The minimum atomic E-state index is -0.406. The van der Waals surface area contributed by atoms with Crippen LogP contribution in [-0.2, 0) is 6.61 Å². The Hall–Kier alpha value is -1.45. The number of hydrogen-bond donors (Lipinski definition) is 1. The molecule has 2 N–H and O–H groups in total. The van der Waals surface area contributed by atoms with Crippen molar-refractivity contribution in [1.29, 1.82) is 0 Å². The van der Waals surface area contributed by atoms with Crippen molar-refractivity contribution in [1.82, 2.24) is 0 Å². The van der Waals surface area contributed by atoms with Gasteiger partial charge in [-0.1, -0.05) is 35.3 Å². The van der Waals surface area contributed by atoms with E-state index in [0.717, 1.165) is 0 Å². The fraction of sp³-hybridized carbons (Fsp3) is 0.0769. The Kier molecular flexibility index (Phi) is 3.94. The summed E-state index contributed by atoms with van der Waals surface area (Å²) in [5.41, 5.74) is 6.76. The third-order valence-corrected chi connectivity index (χ3v) is 3.25. The third kappa shape index (κ3) is 2.86. The largest absolute Gasteiger partial charge is 0.487 e. The predicted octanol–water partition coefficient (Wildman–Crippen LogP) is 4.29. The third-order valence-electron chi connectivity index (χ3n) is 2.39. The molecule has 2 rings (SSSR count). The molecule has 94 valence electrons. The zero-order valence-corrected chi connectivity index (χ0v) is 10.8. The maximum Gasteiger partial charge on any atom is 0.145 e. The quantitative estimate of drug-likeness (QED) is 0.854. The molecule has 0 amide bonds. The van der Waals surface area contributed by atoms with Crippen molar-refractivity contribution in [2.75, 3.05) is 5.73 Å². The van der Waals surface area contributed by atoms with Crippen molar-refractivity contribution in [2.45, 2.75) is 6.61 Å². The fourth-order valence-corrected chi connectivity index (χ4v) is 1.82. The highest BCUT2D eigenvalue weighted by Gasteiger charge is 2.07. The van der Waals surface area contributed by atoms with Crippen molar-refractivity contribution in [2.24, 2.45) is 0 Å². The van der Waals surface area contributed by atoms with Gasteiger partial charge in [0.05, 0.1) is 15.7 Å². The lowest BCUT2D eigenvalue weighted by Gasteiger charge is -2.10. The van der Waals surface area contributed by atoms with E-state index in [-0.39, 0.29) is 12.4 Å². The Morgan fingerprint density at radius 3 is 2.72 bits per heavy atom. The second-order valence-electron chi connectivity index (χ2n) is 3.68. The van der Waals surface area contributed by atoms with E-state index in [9.17, 15) is 4.39 Å². The highest BCUT2D eigenvalue weighted by molar-refractivity contribution is 6.42. The monoisotopic (exact) mass is 285 g/mol. The lowest BCUT2D eigenvalue weighted by atomic mass is 10.2. The molecule has 0 unspecified atom stereocenters. The van der Waals surface area contributed by atoms with E-state index in [4.69, 9.17) is 33.7 Å². The fourth-order valence-electron chi connectivity index (χ4n) is 1.45. The van der Waals surface area contributed by atoms with Crippen molar-refractivity contribution >= 4 is 28.9 Å². The molecule has 0 aliphatic carbocycles. The van der Waals surface area contributed by atoms with Gasteiger partial charge in [-0.2, -0.15) is 0 Å². The SMILES string of the molecule is Nc1ccc(F)cc1OCc1cccc(Cl)c1Cl. The van der Waals surface area contributed by atoms with Gasteiger partial charge in [0.25, 0.3) is 0 Å². The van der Waals surface area contributed by atoms with Crippen molar-refractivity contribution < 1.29 is 9.13 Å². The normalized spacial score (nSPS) is 10.4. The maximum atomic E-state index is 13.0. The van der Waals surface area contributed by atoms with Gasteiger partial charge in [0.15, 0.2) is 0 Å². The zero-order valence-electron chi connectivity index (χ0n) is 9.29. The molecule has 0 fully saturated rings. The molecule has 0 radical (unpaired) electrons. The average molecular weight is 286 g/mol. The van der Waals surface area contributed by atoms with Crippen molar-refractivity contribution in [3.8, 4) is 5.75 Å². The number of nitrogens with two attached hydrogens (primary N) is 1. The first-order valence-corrected chi connectivity index (χ1v) is 5.94. The number of benzene rings is 2. The summed E-state index contributed by atoms with van der Waals surface area (Å²) in [6.45, 7) is 0.174. The summed E-state index contributed by atoms with van der Waals surface area (Å²) in [6.07, 6.45) is 0. The first kappa shape index (κ1) is 13.0. The van der Waals surface area contributed by atoms with Crippen LogP contribution in [0.25, 0.3) is 0 Å². The Morgan fingerprint density at radius 2 is 1.94 bits per heavy atom. The molecule has 0 saturated heterocycles. The number of anilines is 1. The number of nitrogen functional groups attached to an aromatic ring is 1. The number of rotatable bonds is 3. The molecule has 0 aromatic heterocycles. The van der Waals surface area contributed by atoms with Gasteiger partial charge in [0.1, 0.15) is 18.2 Å². The van der Waals surface area contributed by atoms with Crippen LogP contribution in [0.5, 0.6) is 5.75 Å². The van der Waals surface area contributed by atoms with E-state index < -0.39 is 5.82 Å². The van der Waals surface area contributed by atoms with Crippen LogP contribution in [0.3, 0.4) is 0 Å². The molecular formula is C13H10Cl2FNO. The standard InChI is InChI=1S/C13H10Cl2FNO/c14-10-3-1-2-8(13(10)15)7-18-12-6-9(16)4-5-11(12)17/h1-6H,7,17H2. The number of hydrogen-bond acceptors (Lipinski definition) is 2. The van der Waals surface area contributed by atoms with E-state index in [1.54, 1.807) is 18.2 Å². The van der Waals surface area contributed by atoms with Crippen LogP contribution in [0.15, 0.2) is 36.4 Å². The molecule has 0 spiro atoms. The minimum Gasteiger partial charge on any atom is -0.487 e. The minimum absolute atomic E-state index is 0.174. The topological polar surface area (TPSA) is 35.2 Å². The Labute approximate surface area is 114 Å². The predicted molar refractivity (Wildman–Crippen MR) is 71.6 cm³/mol. The van der Waals surface area contributed by atoms with Gasteiger partial charge in [-0.3, -0.25) is 0 Å². The summed E-state index contributed by atoms with van der Waals surface area (Å²) in [7, 11) is 0. The van der Waals surface area contributed by atoms with Crippen LogP contribution in [0.4, 0.5) is 10.1 Å². The van der Waals surface area contributed by atoms with Crippen LogP contribution < -0.4 is 10.5 Å². The molecule has 2 aromatic carbocycles. The lowest BCUT2D eigenvalue weighted by Crippen LogP contribution is -2.00. The van der Waals surface area contributed by atoms with Crippen molar-refractivity contribution in [3.05, 3.63) is 57.8 Å². The maximum absolute atomic E-state index is 13.0. The average Bonchev–Trinajstić information content (AvgIpc) is 2.35. The molecule has 2 aromatic rings. The van der Waals surface area contributed by atoms with Crippen LogP contribution in [0, 0.1) is 5.82 Å². The molecule has 0 heterocycles. The van der Waals surface area contributed by atoms with E-state index in [1.807, 2.05) is 0 Å². The van der Waals surface area contributed by atoms with Crippen LogP contribution >= 0.6 is 23.2 Å². The summed E-state index contributed by atoms with van der Waals surface area (Å²) in [6, 6.07) is 9.18. The summed E-state index contributed by atoms with van der Waals surface area (Å²) < 4.78 is 18.5. The Balaban J connectivity index is 2.16. The molecular weight excluding hydrogens is 276 g/mol. The molecule has 0 bridgehead atoms. The molecule has 0 aliphatic rings. The summed E-state index contributed by atoms with van der Waals surface area (Å²) in [5, 5.41) is 0.874. The van der Waals surface area contributed by atoms with E-state index >= 15 is 0 Å². The lowest BCUT2D eigenvalue weighted by molar-refractivity contribution is 0.306. The van der Waals surface area contributed by atoms with E-state index in [0.29, 0.717) is 21.3 Å². The molecule has 2 nitrogen and oxygen atoms in total. The first-order chi connectivity index (χ1) is 8.58. The highest BCUT2D eigenvalue weighted by Crippen LogP contribution is 2.28. The van der Waals surface area contributed by atoms with Gasteiger partial charge >= 0.3 is 0 Å². The Bertz CT molecular complexity index is 573. The second-order valence-corrected chi connectivity index (χ2v) is 4.47. The van der Waals surface area contributed by atoms with Gasteiger partial charge < -0.3 is 10.5 Å². The van der Waals surface area contributed by atoms with Crippen LogP contribution in [0.1, 0.15) is 5.56 Å². The van der Waals surface area contributed by atoms with Gasteiger partial charge in [-0.15, -0.1) is 0 Å². The van der Waals surface area contributed by atoms with Crippen LogP contribution in [0.2, 0.25) is 10.0 Å². The summed E-state index contributed by atoms with van der Waals surface area (Å²) in [5.74, 6) is -0.123. The Morgan fingerprint density at radius 1 is 1.17 bits per heavy atom. The van der Waals surface area contributed by atoms with Crippen LogP contribution in [-0.4, -0.2) is 0 Å². The highest BCUT2D eigenvalue weighted by atomic mass is 35.5. The van der Waals surface area contributed by atoms with E-state index in [2.05, 4.69) is 0 Å². The van der Waals surface area contributed by atoms with Gasteiger partial charge in [0, 0.05) is 11.6 Å². The molecule has 18 heavy (non-hydrogen) atoms. The van der Waals surface area contributed by atoms with Gasteiger partial charge in [-0.05, 0) is 18.2 Å². The second kappa shape index (κ2) is 5.46. The zero-order chi connectivity index (χ0) is 13.1. The smallest absolute Gasteiger partial charge is 0.145 e. The van der Waals surface area contributed by atoms with Crippen molar-refractivity contribution in [3.63, 3.8) is 0 Å². The van der Waals surface area contributed by atoms with Gasteiger partial charge in [0.2, 0.25) is 0 Å². The summed E-state index contributed by atoms with van der Waals surface area (Å²) in [4.78, 5) is 0. The number of halogens is 3. The molecule has 0 saturated carbocycles. The van der Waals surface area contributed by atoms with E-state index in [1.165, 1.54) is 18.2 Å². The molecule has 0 aliphatic heterocycles. The first-order valence-electron chi connectivity index (χ1n) is 5.18. The summed E-state index contributed by atoms with van der Waals surface area (Å²) >= 11 is 11.9. The number of ether oxygens (including phenoxy) is 1. The molecule has 5 heteroatoms.